The van der Waals surface area contributed by atoms with Crippen LogP contribution in [0.5, 0.6) is 0 Å². The van der Waals surface area contributed by atoms with Crippen LogP contribution in [-0.4, -0.2) is 29.0 Å². The number of piperidine rings is 1. The Balaban J connectivity index is 1.74. The van der Waals surface area contributed by atoms with Crippen LogP contribution in [0, 0.1) is 25.6 Å². The Morgan fingerprint density at radius 1 is 1.32 bits per heavy atom. The summed E-state index contributed by atoms with van der Waals surface area (Å²) in [4.78, 5) is 26.1. The molecule has 2 aromatic heterocycles. The Hall–Kier alpha value is -2.54. The summed E-state index contributed by atoms with van der Waals surface area (Å²) < 4.78 is 13.5. The molecule has 3 heterocycles. The van der Waals surface area contributed by atoms with Crippen molar-refractivity contribution in [3.05, 3.63) is 46.3 Å². The van der Waals surface area contributed by atoms with Crippen LogP contribution in [0.25, 0.3) is 10.2 Å². The number of carbonyl (C=O) groups excluding carboxylic acids is 1. The van der Waals surface area contributed by atoms with Crippen LogP contribution in [0.15, 0.2) is 24.5 Å². The Bertz CT molecular complexity index is 1050. The molecule has 1 aromatic carbocycles. The van der Waals surface area contributed by atoms with E-state index in [0.29, 0.717) is 22.7 Å². The van der Waals surface area contributed by atoms with E-state index in [1.807, 2.05) is 6.92 Å². The van der Waals surface area contributed by atoms with Gasteiger partial charge in [-0.1, -0.05) is 6.92 Å². The highest BCUT2D eigenvalue weighted by molar-refractivity contribution is 7.19. The van der Waals surface area contributed by atoms with Crippen LogP contribution in [0.3, 0.4) is 0 Å². The van der Waals surface area contributed by atoms with Crippen LogP contribution >= 0.6 is 11.3 Å². The molecule has 1 aliphatic rings. The molecule has 0 bridgehead atoms. The lowest BCUT2D eigenvalue weighted by atomic mass is 10.00. The summed E-state index contributed by atoms with van der Waals surface area (Å²) in [7, 11) is 0. The lowest BCUT2D eigenvalue weighted by Crippen LogP contribution is -2.35. The molecule has 0 spiro atoms. The monoisotopic (exact) mass is 398 g/mol. The van der Waals surface area contributed by atoms with E-state index in [2.05, 4.69) is 27.1 Å². The van der Waals surface area contributed by atoms with Crippen molar-refractivity contribution in [3.8, 4) is 0 Å². The molecule has 1 fully saturated rings. The van der Waals surface area contributed by atoms with Crippen LogP contribution in [0.4, 0.5) is 15.9 Å². The second-order valence-corrected chi connectivity index (χ2v) is 8.73. The number of hydrogen-bond donors (Lipinski definition) is 1. The van der Waals surface area contributed by atoms with Crippen molar-refractivity contribution in [3.63, 3.8) is 0 Å². The molecule has 5 nitrogen and oxygen atoms in total. The van der Waals surface area contributed by atoms with Gasteiger partial charge in [0.2, 0.25) is 0 Å². The zero-order chi connectivity index (χ0) is 19.8. The van der Waals surface area contributed by atoms with Crippen molar-refractivity contribution < 1.29 is 9.18 Å². The van der Waals surface area contributed by atoms with Crippen molar-refractivity contribution >= 4 is 39.0 Å². The fourth-order valence-corrected chi connectivity index (χ4v) is 4.82. The Morgan fingerprint density at radius 2 is 2.14 bits per heavy atom. The number of hydrogen-bond acceptors (Lipinski definition) is 5. The number of carbonyl (C=O) groups is 1. The molecule has 0 unspecified atom stereocenters. The summed E-state index contributed by atoms with van der Waals surface area (Å²) in [6, 6.07) is 4.59. The summed E-state index contributed by atoms with van der Waals surface area (Å²) >= 11 is 1.50. The number of nitrogens with one attached hydrogen (secondary N) is 1. The van der Waals surface area contributed by atoms with Gasteiger partial charge in [0.05, 0.1) is 10.9 Å². The van der Waals surface area contributed by atoms with Gasteiger partial charge in [0, 0.05) is 23.7 Å². The molecule has 28 heavy (non-hydrogen) atoms. The molecule has 0 aliphatic carbocycles. The van der Waals surface area contributed by atoms with Gasteiger partial charge in [-0.05, 0) is 56.4 Å². The topological polar surface area (TPSA) is 58.1 Å². The minimum absolute atomic E-state index is 0.212. The SMILES string of the molecule is Cc1cc(NC(=O)c2c(C)sc3ncnc(N4CCC[C@@H](C)C4)c23)ccc1F. The molecule has 3 aromatic rings. The normalized spacial score (nSPS) is 17.1. The van der Waals surface area contributed by atoms with Crippen LogP contribution in [0.1, 0.15) is 40.6 Å². The molecular formula is C21H23FN4OS. The van der Waals surface area contributed by atoms with Gasteiger partial charge >= 0.3 is 0 Å². The number of anilines is 2. The molecule has 7 heteroatoms. The molecule has 4 rings (SSSR count). The van der Waals surface area contributed by atoms with Crippen molar-refractivity contribution in [1.82, 2.24) is 9.97 Å². The number of nitrogens with zero attached hydrogens (tertiary/aromatic N) is 3. The summed E-state index contributed by atoms with van der Waals surface area (Å²) in [5.41, 5.74) is 1.68. The van der Waals surface area contributed by atoms with Gasteiger partial charge in [0.15, 0.2) is 0 Å². The summed E-state index contributed by atoms with van der Waals surface area (Å²) in [5, 5.41) is 3.73. The molecule has 146 valence electrons. The highest BCUT2D eigenvalue weighted by atomic mass is 32.1. The maximum atomic E-state index is 13.5. The van der Waals surface area contributed by atoms with E-state index in [4.69, 9.17) is 0 Å². The highest BCUT2D eigenvalue weighted by Crippen LogP contribution is 2.36. The molecule has 1 N–H and O–H groups in total. The van der Waals surface area contributed by atoms with Crippen LogP contribution in [-0.2, 0) is 0 Å². The molecular weight excluding hydrogens is 375 g/mol. The van der Waals surface area contributed by atoms with Crippen molar-refractivity contribution in [1.29, 1.82) is 0 Å². The first kappa shape index (κ1) is 18.8. The minimum Gasteiger partial charge on any atom is -0.356 e. The van der Waals surface area contributed by atoms with E-state index in [1.54, 1.807) is 25.4 Å². The third kappa shape index (κ3) is 3.46. The number of amides is 1. The predicted molar refractivity (Wildman–Crippen MR) is 112 cm³/mol. The van der Waals surface area contributed by atoms with Crippen LogP contribution < -0.4 is 10.2 Å². The van der Waals surface area contributed by atoms with Gasteiger partial charge < -0.3 is 10.2 Å². The van der Waals surface area contributed by atoms with E-state index >= 15 is 0 Å². The Kier molecular flexibility index (Phi) is 5.02. The maximum absolute atomic E-state index is 13.5. The largest absolute Gasteiger partial charge is 0.356 e. The average molecular weight is 399 g/mol. The first-order chi connectivity index (χ1) is 13.4. The Morgan fingerprint density at radius 3 is 2.89 bits per heavy atom. The van der Waals surface area contributed by atoms with E-state index in [-0.39, 0.29) is 11.7 Å². The standard InChI is InChI=1S/C21H23FN4OS/c1-12-5-4-8-26(10-12)19-18-17(14(3)28-21(18)24-11-23-19)20(27)25-15-6-7-16(22)13(2)9-15/h6-7,9,11-12H,4-5,8,10H2,1-3H3,(H,25,27)/t12-/m1/s1. The maximum Gasteiger partial charge on any atom is 0.257 e. The number of aromatic nitrogens is 2. The van der Waals surface area contributed by atoms with E-state index in [9.17, 15) is 9.18 Å². The van der Waals surface area contributed by atoms with Crippen molar-refractivity contribution in [2.75, 3.05) is 23.3 Å². The number of fused-ring (bicyclic) bond motifs is 1. The third-order valence-electron chi connectivity index (χ3n) is 5.24. The molecule has 1 aliphatic heterocycles. The van der Waals surface area contributed by atoms with Gasteiger partial charge in [-0.15, -0.1) is 11.3 Å². The van der Waals surface area contributed by atoms with Gasteiger partial charge in [0.25, 0.3) is 5.91 Å². The Labute approximate surface area is 167 Å². The quantitative estimate of drug-likeness (QED) is 0.679. The number of aryl methyl sites for hydroxylation is 2. The van der Waals surface area contributed by atoms with E-state index in [0.717, 1.165) is 40.4 Å². The lowest BCUT2D eigenvalue weighted by molar-refractivity contribution is 0.102. The number of rotatable bonds is 3. The summed E-state index contributed by atoms with van der Waals surface area (Å²) in [6.07, 6.45) is 3.91. The first-order valence-electron chi connectivity index (χ1n) is 9.50. The highest BCUT2D eigenvalue weighted by Gasteiger charge is 2.26. The molecule has 1 amide bonds. The van der Waals surface area contributed by atoms with Gasteiger partial charge in [-0.25, -0.2) is 14.4 Å². The molecule has 0 radical (unpaired) electrons. The number of halogens is 1. The van der Waals surface area contributed by atoms with Gasteiger partial charge in [-0.2, -0.15) is 0 Å². The first-order valence-corrected chi connectivity index (χ1v) is 10.3. The van der Waals surface area contributed by atoms with Crippen molar-refractivity contribution in [2.45, 2.75) is 33.6 Å². The smallest absolute Gasteiger partial charge is 0.257 e. The average Bonchev–Trinajstić information content (AvgIpc) is 3.00. The second kappa shape index (κ2) is 7.47. The fourth-order valence-electron chi connectivity index (χ4n) is 3.84. The fraction of sp³-hybridized carbons (Fsp3) is 0.381. The number of thiophene rings is 1. The van der Waals surface area contributed by atoms with Gasteiger partial charge in [0.1, 0.15) is 22.8 Å². The predicted octanol–water partition coefficient (Wildman–Crippen LogP) is 4.94. The van der Waals surface area contributed by atoms with E-state index < -0.39 is 0 Å². The van der Waals surface area contributed by atoms with Crippen LogP contribution in [0.2, 0.25) is 0 Å². The second-order valence-electron chi connectivity index (χ2n) is 7.52. The summed E-state index contributed by atoms with van der Waals surface area (Å²) in [6.45, 7) is 7.72. The zero-order valence-electron chi connectivity index (χ0n) is 16.3. The van der Waals surface area contributed by atoms with Gasteiger partial charge in [-0.3, -0.25) is 4.79 Å². The summed E-state index contributed by atoms with van der Waals surface area (Å²) in [5.74, 6) is 0.931. The zero-order valence-corrected chi connectivity index (χ0v) is 17.1. The van der Waals surface area contributed by atoms with E-state index in [1.165, 1.54) is 23.8 Å². The molecule has 0 saturated carbocycles. The minimum atomic E-state index is -0.287. The lowest BCUT2D eigenvalue weighted by Gasteiger charge is -2.32. The third-order valence-corrected chi connectivity index (χ3v) is 6.26. The van der Waals surface area contributed by atoms with Crippen molar-refractivity contribution in [2.24, 2.45) is 5.92 Å². The molecule has 1 atom stereocenters. The molecule has 1 saturated heterocycles. The number of benzene rings is 1.